The smallest absolute Gasteiger partial charge is 0.119 e. The van der Waals surface area contributed by atoms with Gasteiger partial charge in [0.2, 0.25) is 0 Å². The normalized spacial score (nSPS) is 20.6. The number of hydrogen-bond acceptors (Lipinski definition) is 4. The highest BCUT2D eigenvalue weighted by Crippen LogP contribution is 2.19. The van der Waals surface area contributed by atoms with Gasteiger partial charge in [-0.1, -0.05) is 12.1 Å². The van der Waals surface area contributed by atoms with Crippen molar-refractivity contribution in [1.29, 1.82) is 0 Å². The van der Waals surface area contributed by atoms with Gasteiger partial charge in [-0.3, -0.25) is 4.90 Å². The molecule has 1 fully saturated rings. The first-order chi connectivity index (χ1) is 9.56. The molecule has 0 aromatic heterocycles. The van der Waals surface area contributed by atoms with Crippen LogP contribution in [0.2, 0.25) is 0 Å². The SMILES string of the molecule is CC(C)Oc1ccc(C(N)CN(C)C2CCOC2)cc1. The van der Waals surface area contributed by atoms with Crippen molar-refractivity contribution in [3.05, 3.63) is 29.8 Å². The second kappa shape index (κ2) is 7.07. The molecular weight excluding hydrogens is 252 g/mol. The van der Waals surface area contributed by atoms with Gasteiger partial charge in [0.1, 0.15) is 5.75 Å². The van der Waals surface area contributed by atoms with E-state index in [0.29, 0.717) is 6.04 Å². The molecule has 1 aromatic rings. The summed E-state index contributed by atoms with van der Waals surface area (Å²) in [5.41, 5.74) is 7.44. The molecule has 2 N–H and O–H groups in total. The molecule has 2 unspecified atom stereocenters. The molecule has 1 aliphatic heterocycles. The first-order valence-corrected chi connectivity index (χ1v) is 7.36. The van der Waals surface area contributed by atoms with Crippen LogP contribution in [0.25, 0.3) is 0 Å². The molecule has 1 aromatic carbocycles. The van der Waals surface area contributed by atoms with Crippen molar-refractivity contribution >= 4 is 0 Å². The average molecular weight is 278 g/mol. The standard InChI is InChI=1S/C16H26N2O2/c1-12(2)20-15-6-4-13(5-7-15)16(17)10-18(3)14-8-9-19-11-14/h4-7,12,14,16H,8-11,17H2,1-3H3. The first kappa shape index (κ1) is 15.3. The van der Waals surface area contributed by atoms with Gasteiger partial charge < -0.3 is 15.2 Å². The highest BCUT2D eigenvalue weighted by molar-refractivity contribution is 5.29. The van der Waals surface area contributed by atoms with Crippen molar-refractivity contribution in [1.82, 2.24) is 4.90 Å². The summed E-state index contributed by atoms with van der Waals surface area (Å²) in [6, 6.07) is 8.63. The summed E-state index contributed by atoms with van der Waals surface area (Å²) in [6.07, 6.45) is 1.30. The predicted octanol–water partition coefficient (Wildman–Crippen LogP) is 2.19. The van der Waals surface area contributed by atoms with Gasteiger partial charge in [0.15, 0.2) is 0 Å². The Morgan fingerprint density at radius 2 is 2.05 bits per heavy atom. The molecule has 112 valence electrons. The maximum atomic E-state index is 6.29. The Balaban J connectivity index is 1.89. The maximum Gasteiger partial charge on any atom is 0.119 e. The van der Waals surface area contributed by atoms with Gasteiger partial charge in [0.25, 0.3) is 0 Å². The second-order valence-electron chi connectivity index (χ2n) is 5.80. The van der Waals surface area contributed by atoms with Crippen LogP contribution in [0.1, 0.15) is 31.9 Å². The molecule has 1 aliphatic rings. The van der Waals surface area contributed by atoms with E-state index >= 15 is 0 Å². The van der Waals surface area contributed by atoms with Crippen LogP contribution in [-0.4, -0.2) is 43.9 Å². The van der Waals surface area contributed by atoms with Gasteiger partial charge >= 0.3 is 0 Å². The lowest BCUT2D eigenvalue weighted by atomic mass is 10.1. The monoisotopic (exact) mass is 278 g/mol. The molecule has 2 rings (SSSR count). The van der Waals surface area contributed by atoms with Crippen LogP contribution in [0, 0.1) is 0 Å². The number of ether oxygens (including phenoxy) is 2. The summed E-state index contributed by atoms with van der Waals surface area (Å²) in [5, 5.41) is 0. The molecule has 0 radical (unpaired) electrons. The predicted molar refractivity (Wildman–Crippen MR) is 81.0 cm³/mol. The maximum absolute atomic E-state index is 6.29. The van der Waals surface area contributed by atoms with Crippen LogP contribution >= 0.6 is 0 Å². The number of rotatable bonds is 6. The van der Waals surface area contributed by atoms with E-state index in [9.17, 15) is 0 Å². The Kier molecular flexibility index (Phi) is 5.40. The zero-order valence-electron chi connectivity index (χ0n) is 12.7. The fourth-order valence-corrected chi connectivity index (χ4v) is 2.50. The summed E-state index contributed by atoms with van der Waals surface area (Å²) < 4.78 is 11.1. The Hall–Kier alpha value is -1.10. The van der Waals surface area contributed by atoms with Crippen LogP contribution in [-0.2, 0) is 4.74 Å². The van der Waals surface area contributed by atoms with Crippen molar-refractivity contribution in [3.8, 4) is 5.75 Å². The molecular formula is C16H26N2O2. The number of nitrogens with two attached hydrogens (primary N) is 1. The fourth-order valence-electron chi connectivity index (χ4n) is 2.50. The van der Waals surface area contributed by atoms with Gasteiger partial charge in [-0.15, -0.1) is 0 Å². The molecule has 4 heteroatoms. The van der Waals surface area contributed by atoms with Crippen molar-refractivity contribution < 1.29 is 9.47 Å². The lowest BCUT2D eigenvalue weighted by Crippen LogP contribution is -2.37. The van der Waals surface area contributed by atoms with Crippen LogP contribution < -0.4 is 10.5 Å². The molecule has 0 aliphatic carbocycles. The van der Waals surface area contributed by atoms with Crippen LogP contribution in [0.4, 0.5) is 0 Å². The second-order valence-corrected chi connectivity index (χ2v) is 5.80. The molecule has 1 saturated heterocycles. The molecule has 20 heavy (non-hydrogen) atoms. The third-order valence-electron chi connectivity index (χ3n) is 3.69. The lowest BCUT2D eigenvalue weighted by molar-refractivity contribution is 0.156. The van der Waals surface area contributed by atoms with Crippen LogP contribution in [0.5, 0.6) is 5.75 Å². The van der Waals surface area contributed by atoms with E-state index < -0.39 is 0 Å². The number of hydrogen-bond donors (Lipinski definition) is 1. The summed E-state index contributed by atoms with van der Waals surface area (Å²) in [4.78, 5) is 2.30. The fraction of sp³-hybridized carbons (Fsp3) is 0.625. The quantitative estimate of drug-likeness (QED) is 0.866. The van der Waals surface area contributed by atoms with Crippen molar-refractivity contribution in [2.24, 2.45) is 5.73 Å². The minimum Gasteiger partial charge on any atom is -0.491 e. The van der Waals surface area contributed by atoms with Gasteiger partial charge in [-0.2, -0.15) is 0 Å². The summed E-state index contributed by atoms with van der Waals surface area (Å²) in [6.45, 7) is 6.59. The van der Waals surface area contributed by atoms with E-state index in [4.69, 9.17) is 15.2 Å². The largest absolute Gasteiger partial charge is 0.491 e. The first-order valence-electron chi connectivity index (χ1n) is 7.36. The van der Waals surface area contributed by atoms with Crippen molar-refractivity contribution in [3.63, 3.8) is 0 Å². The number of nitrogens with zero attached hydrogens (tertiary/aromatic N) is 1. The van der Waals surface area contributed by atoms with Gasteiger partial charge in [0.05, 0.1) is 12.7 Å². The van der Waals surface area contributed by atoms with Crippen LogP contribution in [0.3, 0.4) is 0 Å². The Labute approximate surface area is 121 Å². The summed E-state index contributed by atoms with van der Waals surface area (Å²) in [5.74, 6) is 0.897. The minimum absolute atomic E-state index is 0.0219. The topological polar surface area (TPSA) is 47.7 Å². The summed E-state index contributed by atoms with van der Waals surface area (Å²) >= 11 is 0. The molecule has 0 amide bonds. The zero-order valence-corrected chi connectivity index (χ0v) is 12.7. The minimum atomic E-state index is 0.0219. The Morgan fingerprint density at radius 1 is 1.35 bits per heavy atom. The highest BCUT2D eigenvalue weighted by atomic mass is 16.5. The molecule has 0 bridgehead atoms. The third kappa shape index (κ3) is 4.20. The van der Waals surface area contributed by atoms with E-state index in [1.165, 1.54) is 0 Å². The zero-order chi connectivity index (χ0) is 14.5. The Morgan fingerprint density at radius 3 is 2.60 bits per heavy atom. The van der Waals surface area contributed by atoms with E-state index in [1.807, 2.05) is 26.0 Å². The molecule has 0 saturated carbocycles. The van der Waals surface area contributed by atoms with E-state index in [-0.39, 0.29) is 12.1 Å². The molecule has 1 heterocycles. The number of benzene rings is 1. The third-order valence-corrected chi connectivity index (χ3v) is 3.69. The lowest BCUT2D eigenvalue weighted by Gasteiger charge is -2.26. The van der Waals surface area contributed by atoms with Gasteiger partial charge in [-0.25, -0.2) is 0 Å². The molecule has 0 spiro atoms. The highest BCUT2D eigenvalue weighted by Gasteiger charge is 2.22. The Bertz CT molecular complexity index is 399. The van der Waals surface area contributed by atoms with Gasteiger partial charge in [-0.05, 0) is 45.0 Å². The van der Waals surface area contributed by atoms with Crippen molar-refractivity contribution in [2.75, 3.05) is 26.8 Å². The van der Waals surface area contributed by atoms with Crippen LogP contribution in [0.15, 0.2) is 24.3 Å². The summed E-state index contributed by atoms with van der Waals surface area (Å²) in [7, 11) is 2.12. The van der Waals surface area contributed by atoms with E-state index in [1.54, 1.807) is 0 Å². The van der Waals surface area contributed by atoms with Gasteiger partial charge in [0, 0.05) is 25.2 Å². The molecule has 2 atom stereocenters. The van der Waals surface area contributed by atoms with E-state index in [0.717, 1.165) is 37.5 Å². The van der Waals surface area contributed by atoms with E-state index in [2.05, 4.69) is 24.1 Å². The molecule has 4 nitrogen and oxygen atoms in total. The number of likely N-dealkylation sites (N-methyl/N-ethyl adjacent to an activating group) is 1. The average Bonchev–Trinajstić information content (AvgIpc) is 2.92. The van der Waals surface area contributed by atoms with Crippen molar-refractivity contribution in [2.45, 2.75) is 38.5 Å².